The summed E-state index contributed by atoms with van der Waals surface area (Å²) < 4.78 is 21.4. The second-order valence-corrected chi connectivity index (χ2v) is 5.62. The van der Waals surface area contributed by atoms with E-state index in [9.17, 15) is 4.39 Å². The normalized spacial score (nSPS) is 11.1. The number of rotatable bonds is 3. The van der Waals surface area contributed by atoms with Crippen LogP contribution in [0.5, 0.6) is 11.6 Å². The minimum absolute atomic E-state index is 0.295. The van der Waals surface area contributed by atoms with Crippen LogP contribution >= 0.6 is 27.3 Å². The molecular weight excluding hydrogens is 333 g/mol. The summed E-state index contributed by atoms with van der Waals surface area (Å²) in [6, 6.07) is 4.35. The number of nitrogens with two attached hydrogens (primary N) is 1. The molecule has 2 heterocycles. The zero-order valence-corrected chi connectivity index (χ0v) is 12.0. The zero-order valence-electron chi connectivity index (χ0n) is 9.64. The zero-order chi connectivity index (χ0) is 13.4. The smallest absolute Gasteiger partial charge is 0.243 e. The first-order valence-corrected chi connectivity index (χ1v) is 7.13. The molecule has 19 heavy (non-hydrogen) atoms. The van der Waals surface area contributed by atoms with Crippen LogP contribution in [0.3, 0.4) is 0 Å². The van der Waals surface area contributed by atoms with Gasteiger partial charge in [0.15, 0.2) is 4.96 Å². The fourth-order valence-corrected chi connectivity index (χ4v) is 2.95. The van der Waals surface area contributed by atoms with E-state index in [0.717, 1.165) is 10.7 Å². The second kappa shape index (κ2) is 4.92. The largest absolute Gasteiger partial charge is 0.437 e. The molecule has 1 aromatic carbocycles. The Hall–Kier alpha value is -1.44. The monoisotopic (exact) mass is 341 g/mol. The van der Waals surface area contributed by atoms with Gasteiger partial charge in [0, 0.05) is 28.7 Å². The van der Waals surface area contributed by atoms with E-state index in [0.29, 0.717) is 22.6 Å². The number of fused-ring (bicyclic) bond motifs is 1. The molecule has 0 spiro atoms. The lowest BCUT2D eigenvalue weighted by Crippen LogP contribution is -2.01. The third-order valence-corrected chi connectivity index (χ3v) is 3.78. The predicted octanol–water partition coefficient (Wildman–Crippen LogP) is 3.55. The Kier molecular flexibility index (Phi) is 3.26. The van der Waals surface area contributed by atoms with Gasteiger partial charge in [0.1, 0.15) is 17.3 Å². The summed E-state index contributed by atoms with van der Waals surface area (Å²) in [5, 5.41) is 1.92. The number of thiazole rings is 1. The molecule has 4 nitrogen and oxygen atoms in total. The molecule has 0 bridgehead atoms. The van der Waals surface area contributed by atoms with E-state index >= 15 is 0 Å². The molecule has 0 aliphatic rings. The fraction of sp³-hybridized carbons (Fsp3) is 0.0833. The molecule has 98 valence electrons. The Morgan fingerprint density at radius 2 is 2.26 bits per heavy atom. The first kappa shape index (κ1) is 12.6. The first-order valence-electron chi connectivity index (χ1n) is 5.46. The number of ether oxygens (including phenoxy) is 1. The molecule has 0 aliphatic heterocycles. The topological polar surface area (TPSA) is 52.5 Å². The highest BCUT2D eigenvalue weighted by molar-refractivity contribution is 9.10. The van der Waals surface area contributed by atoms with E-state index in [1.807, 2.05) is 16.0 Å². The number of hydrogen-bond donors (Lipinski definition) is 1. The van der Waals surface area contributed by atoms with Crippen molar-refractivity contribution in [3.63, 3.8) is 0 Å². The molecule has 2 N–H and O–H groups in total. The van der Waals surface area contributed by atoms with Crippen molar-refractivity contribution in [2.24, 2.45) is 5.73 Å². The summed E-state index contributed by atoms with van der Waals surface area (Å²) in [6.07, 6.45) is 1.88. The number of nitrogens with zero attached hydrogens (tertiary/aromatic N) is 2. The van der Waals surface area contributed by atoms with Gasteiger partial charge in [-0.25, -0.2) is 4.39 Å². The minimum atomic E-state index is -0.375. The van der Waals surface area contributed by atoms with Crippen LogP contribution in [0, 0.1) is 5.82 Å². The molecule has 0 unspecified atom stereocenters. The van der Waals surface area contributed by atoms with Gasteiger partial charge in [-0.1, -0.05) is 15.9 Å². The highest BCUT2D eigenvalue weighted by atomic mass is 79.9. The van der Waals surface area contributed by atoms with Gasteiger partial charge in [0.25, 0.3) is 0 Å². The van der Waals surface area contributed by atoms with Crippen molar-refractivity contribution in [1.29, 1.82) is 0 Å². The van der Waals surface area contributed by atoms with Crippen molar-refractivity contribution >= 4 is 32.2 Å². The van der Waals surface area contributed by atoms with Gasteiger partial charge in [-0.3, -0.25) is 4.40 Å². The van der Waals surface area contributed by atoms with Crippen LogP contribution in [0.25, 0.3) is 4.96 Å². The summed E-state index contributed by atoms with van der Waals surface area (Å²) >= 11 is 4.71. The van der Waals surface area contributed by atoms with Gasteiger partial charge in [-0.15, -0.1) is 11.3 Å². The highest BCUT2D eigenvalue weighted by Gasteiger charge is 2.14. The maximum Gasteiger partial charge on any atom is 0.243 e. The average Bonchev–Trinajstić information content (AvgIpc) is 2.87. The molecule has 3 aromatic rings. The molecule has 0 amide bonds. The molecule has 2 aromatic heterocycles. The molecule has 0 fully saturated rings. The molecule has 0 saturated carbocycles. The van der Waals surface area contributed by atoms with E-state index in [1.165, 1.54) is 23.5 Å². The third-order valence-electron chi connectivity index (χ3n) is 2.57. The van der Waals surface area contributed by atoms with Gasteiger partial charge in [0.05, 0.1) is 0 Å². The van der Waals surface area contributed by atoms with Crippen LogP contribution < -0.4 is 10.5 Å². The van der Waals surface area contributed by atoms with Crippen LogP contribution in [0.15, 0.2) is 34.2 Å². The average molecular weight is 342 g/mol. The van der Waals surface area contributed by atoms with Crippen LogP contribution in [0.2, 0.25) is 0 Å². The Balaban J connectivity index is 2.02. The number of halogens is 2. The molecule has 0 atom stereocenters. The lowest BCUT2D eigenvalue weighted by atomic mass is 10.3. The Bertz CT molecular complexity index is 719. The van der Waals surface area contributed by atoms with Gasteiger partial charge in [-0.2, -0.15) is 4.98 Å². The standard InChI is InChI=1S/C12H9BrFN3OS/c13-7-3-8(14)5-9(4-7)18-11-10(6-15)17-1-2-19-12(17)16-11/h1-5H,6,15H2. The van der Waals surface area contributed by atoms with Gasteiger partial charge in [-0.05, 0) is 12.1 Å². The van der Waals surface area contributed by atoms with Crippen molar-refractivity contribution < 1.29 is 9.13 Å². The van der Waals surface area contributed by atoms with Gasteiger partial charge >= 0.3 is 0 Å². The third kappa shape index (κ3) is 2.36. The lowest BCUT2D eigenvalue weighted by Gasteiger charge is -2.05. The molecule has 0 saturated heterocycles. The van der Waals surface area contributed by atoms with Gasteiger partial charge < -0.3 is 10.5 Å². The van der Waals surface area contributed by atoms with Crippen LogP contribution in [-0.4, -0.2) is 9.38 Å². The van der Waals surface area contributed by atoms with Crippen molar-refractivity contribution in [3.05, 3.63) is 45.8 Å². The van der Waals surface area contributed by atoms with Crippen molar-refractivity contribution in [3.8, 4) is 11.6 Å². The van der Waals surface area contributed by atoms with Crippen molar-refractivity contribution in [1.82, 2.24) is 9.38 Å². The summed E-state index contributed by atoms with van der Waals surface area (Å²) in [4.78, 5) is 5.14. The Morgan fingerprint density at radius 1 is 1.42 bits per heavy atom. The SMILES string of the molecule is NCc1c(Oc2cc(F)cc(Br)c2)nc2sccn12. The highest BCUT2D eigenvalue weighted by Crippen LogP contribution is 2.29. The van der Waals surface area contributed by atoms with Crippen molar-refractivity contribution in [2.75, 3.05) is 0 Å². The number of aromatic nitrogens is 2. The molecule has 3 rings (SSSR count). The van der Waals surface area contributed by atoms with E-state index in [4.69, 9.17) is 10.5 Å². The molecule has 0 aliphatic carbocycles. The maximum atomic E-state index is 13.3. The quantitative estimate of drug-likeness (QED) is 0.792. The summed E-state index contributed by atoms with van der Waals surface area (Å²) in [6.45, 7) is 0.295. The lowest BCUT2D eigenvalue weighted by molar-refractivity contribution is 0.454. The van der Waals surface area contributed by atoms with Crippen molar-refractivity contribution in [2.45, 2.75) is 6.54 Å². The minimum Gasteiger partial charge on any atom is -0.437 e. The summed E-state index contributed by atoms with van der Waals surface area (Å²) in [5.41, 5.74) is 6.48. The molecule has 7 heteroatoms. The second-order valence-electron chi connectivity index (χ2n) is 3.83. The van der Waals surface area contributed by atoms with Gasteiger partial charge in [0.2, 0.25) is 5.88 Å². The summed E-state index contributed by atoms with van der Waals surface area (Å²) in [5.74, 6) is 0.416. The Morgan fingerprint density at radius 3 is 3.00 bits per heavy atom. The van der Waals surface area contributed by atoms with E-state index in [2.05, 4.69) is 20.9 Å². The molecule has 0 radical (unpaired) electrons. The van der Waals surface area contributed by atoms with Crippen LogP contribution in [0.1, 0.15) is 5.69 Å². The van der Waals surface area contributed by atoms with E-state index < -0.39 is 0 Å². The number of hydrogen-bond acceptors (Lipinski definition) is 4. The van der Waals surface area contributed by atoms with Crippen LogP contribution in [-0.2, 0) is 6.54 Å². The number of imidazole rings is 1. The first-order chi connectivity index (χ1) is 9.17. The maximum absolute atomic E-state index is 13.3. The molecular formula is C12H9BrFN3OS. The predicted molar refractivity (Wildman–Crippen MR) is 75.1 cm³/mol. The van der Waals surface area contributed by atoms with E-state index in [-0.39, 0.29) is 5.82 Å². The number of benzene rings is 1. The summed E-state index contributed by atoms with van der Waals surface area (Å²) in [7, 11) is 0. The Labute approximate surface area is 120 Å². The fourth-order valence-electron chi connectivity index (χ4n) is 1.78. The van der Waals surface area contributed by atoms with E-state index in [1.54, 1.807) is 6.07 Å². The van der Waals surface area contributed by atoms with Crippen LogP contribution in [0.4, 0.5) is 4.39 Å².